The van der Waals surface area contributed by atoms with Gasteiger partial charge in [-0.1, -0.05) is 37.1 Å². The van der Waals surface area contributed by atoms with Crippen LogP contribution in [0.4, 0.5) is 11.5 Å². The van der Waals surface area contributed by atoms with Crippen LogP contribution in [0.2, 0.25) is 0 Å². The Hall–Kier alpha value is -4.24. The van der Waals surface area contributed by atoms with Crippen LogP contribution in [0.25, 0.3) is 22.5 Å². The quantitative estimate of drug-likeness (QED) is 0.307. The fourth-order valence-electron chi connectivity index (χ4n) is 5.29. The first-order chi connectivity index (χ1) is 19.1. The summed E-state index contributed by atoms with van der Waals surface area (Å²) in [6.45, 7) is 1.73. The highest BCUT2D eigenvalue weighted by Crippen LogP contribution is 2.31. The van der Waals surface area contributed by atoms with Crippen LogP contribution >= 0.6 is 0 Å². The Morgan fingerprint density at radius 1 is 1.08 bits per heavy atom. The summed E-state index contributed by atoms with van der Waals surface area (Å²) in [4.78, 5) is 24.5. The number of nitrogens with one attached hydrogen (secondary N) is 3. The van der Waals surface area contributed by atoms with Gasteiger partial charge in [-0.2, -0.15) is 5.10 Å². The molecule has 9 nitrogen and oxygen atoms in total. The molecule has 1 aliphatic heterocycles. The summed E-state index contributed by atoms with van der Waals surface area (Å²) in [5.74, 6) is 1.99. The summed E-state index contributed by atoms with van der Waals surface area (Å²) < 4.78 is 5.84. The van der Waals surface area contributed by atoms with Crippen molar-refractivity contribution in [2.75, 3.05) is 25.5 Å². The molecule has 4 aromatic rings. The number of benzene rings is 2. The lowest BCUT2D eigenvalue weighted by Gasteiger charge is -2.26. The number of anilines is 2. The van der Waals surface area contributed by atoms with Crippen LogP contribution in [0.1, 0.15) is 36.9 Å². The molecule has 2 aromatic carbocycles. The molecule has 3 heterocycles. The van der Waals surface area contributed by atoms with Crippen molar-refractivity contribution in [1.82, 2.24) is 30.4 Å². The molecular formula is C30H33N7O2. The topological polar surface area (TPSA) is 108 Å². The molecule has 0 atom stereocenters. The maximum absolute atomic E-state index is 12.3. The number of nitrogens with zero attached hydrogens (tertiary/aromatic N) is 4. The van der Waals surface area contributed by atoms with Crippen LogP contribution < -0.4 is 15.4 Å². The van der Waals surface area contributed by atoms with Crippen molar-refractivity contribution in [3.8, 4) is 28.3 Å². The number of hydrogen-bond donors (Lipinski definition) is 3. The molecule has 2 aliphatic rings. The number of aromatic nitrogens is 4. The lowest BCUT2D eigenvalue weighted by molar-refractivity contribution is -0.123. The standard InChI is InChI=1S/C30H33N7O2/c1-37-14-13-27-26(18-37)30(34-24-11-9-20(10-12-24)22-16-31-32-17-22)36-29(35-27)21-5-4-8-25(15-21)39-19-28(38)33-23-6-2-3-7-23/h4-5,8-12,15-17,23H,2-3,6-7,13-14,18-19H2,1H3,(H,31,32)(H,33,38)(H,34,35,36). The highest BCUT2D eigenvalue weighted by atomic mass is 16.5. The van der Waals surface area contributed by atoms with Gasteiger partial charge < -0.3 is 20.3 Å². The van der Waals surface area contributed by atoms with E-state index >= 15 is 0 Å². The molecule has 0 bridgehead atoms. The maximum Gasteiger partial charge on any atom is 0.258 e. The molecule has 1 amide bonds. The second kappa shape index (κ2) is 11.2. The minimum absolute atomic E-state index is 0.00104. The molecule has 1 aliphatic carbocycles. The second-order valence-electron chi connectivity index (χ2n) is 10.4. The molecule has 9 heteroatoms. The predicted octanol–water partition coefficient (Wildman–Crippen LogP) is 4.70. The van der Waals surface area contributed by atoms with E-state index in [-0.39, 0.29) is 18.6 Å². The van der Waals surface area contributed by atoms with Crippen molar-refractivity contribution < 1.29 is 9.53 Å². The van der Waals surface area contributed by atoms with Gasteiger partial charge in [0.05, 0.1) is 11.9 Å². The van der Waals surface area contributed by atoms with Gasteiger partial charge in [0.1, 0.15) is 11.6 Å². The summed E-state index contributed by atoms with van der Waals surface area (Å²) >= 11 is 0. The number of carbonyl (C=O) groups is 1. The minimum Gasteiger partial charge on any atom is -0.484 e. The maximum atomic E-state index is 12.3. The van der Waals surface area contributed by atoms with Gasteiger partial charge >= 0.3 is 0 Å². The Morgan fingerprint density at radius 2 is 1.92 bits per heavy atom. The van der Waals surface area contributed by atoms with E-state index in [2.05, 4.69) is 44.9 Å². The normalized spacial score (nSPS) is 15.6. The zero-order chi connectivity index (χ0) is 26.6. The Labute approximate surface area is 228 Å². The summed E-state index contributed by atoms with van der Waals surface area (Å²) in [5, 5.41) is 13.5. The van der Waals surface area contributed by atoms with Gasteiger partial charge in [-0.15, -0.1) is 0 Å². The first kappa shape index (κ1) is 25.1. The summed E-state index contributed by atoms with van der Waals surface area (Å²) in [7, 11) is 2.12. The number of rotatable bonds is 8. The van der Waals surface area contributed by atoms with E-state index < -0.39 is 0 Å². The fraction of sp³-hybridized carbons (Fsp3) is 0.333. The first-order valence-electron chi connectivity index (χ1n) is 13.6. The van der Waals surface area contributed by atoms with E-state index in [0.29, 0.717) is 11.6 Å². The molecule has 1 fully saturated rings. The van der Waals surface area contributed by atoms with Crippen molar-refractivity contribution in [3.63, 3.8) is 0 Å². The predicted molar refractivity (Wildman–Crippen MR) is 151 cm³/mol. The number of amides is 1. The van der Waals surface area contributed by atoms with Crippen LogP contribution in [-0.2, 0) is 17.8 Å². The van der Waals surface area contributed by atoms with Crippen LogP contribution in [0.5, 0.6) is 5.75 Å². The van der Waals surface area contributed by atoms with Crippen molar-refractivity contribution in [1.29, 1.82) is 0 Å². The number of H-pyrrole nitrogens is 1. The Balaban J connectivity index is 1.22. The zero-order valence-corrected chi connectivity index (χ0v) is 22.1. The monoisotopic (exact) mass is 523 g/mol. The molecule has 3 N–H and O–H groups in total. The molecule has 1 saturated carbocycles. The van der Waals surface area contributed by atoms with E-state index in [9.17, 15) is 4.79 Å². The van der Waals surface area contributed by atoms with Gasteiger partial charge in [0.25, 0.3) is 5.91 Å². The van der Waals surface area contributed by atoms with Crippen LogP contribution in [0.15, 0.2) is 60.9 Å². The molecule has 6 rings (SSSR count). The summed E-state index contributed by atoms with van der Waals surface area (Å²) in [6, 6.07) is 16.2. The molecular weight excluding hydrogens is 490 g/mol. The van der Waals surface area contributed by atoms with Gasteiger partial charge in [-0.3, -0.25) is 9.89 Å². The van der Waals surface area contributed by atoms with Crippen molar-refractivity contribution in [3.05, 3.63) is 72.2 Å². The summed E-state index contributed by atoms with van der Waals surface area (Å²) in [6.07, 6.45) is 9.01. The van der Waals surface area contributed by atoms with E-state index in [1.165, 1.54) is 12.8 Å². The minimum atomic E-state index is -0.0771. The van der Waals surface area contributed by atoms with Gasteiger partial charge in [0.15, 0.2) is 12.4 Å². The Bertz CT molecular complexity index is 1430. The van der Waals surface area contributed by atoms with E-state index in [4.69, 9.17) is 14.7 Å². The smallest absolute Gasteiger partial charge is 0.258 e. The van der Waals surface area contributed by atoms with E-state index in [1.54, 1.807) is 0 Å². The largest absolute Gasteiger partial charge is 0.484 e. The SMILES string of the molecule is CN1CCc2nc(-c3cccc(OCC(=O)NC4CCCC4)c3)nc(Nc3ccc(-c4cn[nH]c4)cc3)c2C1. The van der Waals surface area contributed by atoms with Crippen molar-refractivity contribution in [2.24, 2.45) is 0 Å². The van der Waals surface area contributed by atoms with Crippen molar-refractivity contribution in [2.45, 2.75) is 44.7 Å². The van der Waals surface area contributed by atoms with Crippen molar-refractivity contribution >= 4 is 17.4 Å². The van der Waals surface area contributed by atoms with E-state index in [0.717, 1.165) is 71.8 Å². The molecule has 39 heavy (non-hydrogen) atoms. The molecule has 2 aromatic heterocycles. The molecule has 200 valence electrons. The van der Waals surface area contributed by atoms with Crippen LogP contribution in [0, 0.1) is 0 Å². The molecule has 0 unspecified atom stereocenters. The summed E-state index contributed by atoms with van der Waals surface area (Å²) in [5.41, 5.74) is 6.10. The number of hydrogen-bond acceptors (Lipinski definition) is 7. The van der Waals surface area contributed by atoms with E-state index in [1.807, 2.05) is 48.8 Å². The van der Waals surface area contributed by atoms with Gasteiger partial charge in [-0.05, 0) is 49.7 Å². The van der Waals surface area contributed by atoms with Gasteiger partial charge in [0, 0.05) is 54.1 Å². The second-order valence-corrected chi connectivity index (χ2v) is 10.4. The highest BCUT2D eigenvalue weighted by molar-refractivity contribution is 5.78. The molecule has 0 radical (unpaired) electrons. The highest BCUT2D eigenvalue weighted by Gasteiger charge is 2.22. The number of aromatic amines is 1. The zero-order valence-electron chi connectivity index (χ0n) is 22.1. The van der Waals surface area contributed by atoms with Gasteiger partial charge in [0.2, 0.25) is 0 Å². The lowest BCUT2D eigenvalue weighted by Crippen LogP contribution is -2.36. The fourth-order valence-corrected chi connectivity index (χ4v) is 5.29. The van der Waals surface area contributed by atoms with Gasteiger partial charge in [-0.25, -0.2) is 9.97 Å². The third-order valence-electron chi connectivity index (χ3n) is 7.41. The average molecular weight is 524 g/mol. The number of ether oxygens (including phenoxy) is 1. The number of carbonyl (C=O) groups excluding carboxylic acids is 1. The Morgan fingerprint density at radius 3 is 2.72 bits per heavy atom. The van der Waals surface area contributed by atoms with Crippen LogP contribution in [-0.4, -0.2) is 57.2 Å². The third-order valence-corrected chi connectivity index (χ3v) is 7.41. The third kappa shape index (κ3) is 5.93. The number of fused-ring (bicyclic) bond motifs is 1. The Kier molecular flexibility index (Phi) is 7.23. The van der Waals surface area contributed by atoms with Crippen LogP contribution in [0.3, 0.4) is 0 Å². The first-order valence-corrected chi connectivity index (χ1v) is 13.6. The molecule has 0 spiro atoms. The average Bonchev–Trinajstić information content (AvgIpc) is 3.68. The number of likely N-dealkylation sites (N-methyl/N-ethyl adjacent to an activating group) is 1. The lowest BCUT2D eigenvalue weighted by atomic mass is 10.1. The molecule has 0 saturated heterocycles.